The number of piperidine rings is 1. The molecule has 3 atom stereocenters. The van der Waals surface area contributed by atoms with E-state index < -0.39 is 12.0 Å². The SMILES string of the molecule is CN1CCCC(NC(=O)N2C(C(=O)O)CSC2C2CC2)C1. The maximum absolute atomic E-state index is 12.6. The lowest BCUT2D eigenvalue weighted by Crippen LogP contribution is -2.55. The summed E-state index contributed by atoms with van der Waals surface area (Å²) in [6.45, 7) is 1.91. The third kappa shape index (κ3) is 3.29. The second kappa shape index (κ2) is 6.04. The van der Waals surface area contributed by atoms with Crippen LogP contribution in [0.25, 0.3) is 0 Å². The highest BCUT2D eigenvalue weighted by atomic mass is 32.2. The fraction of sp³-hybridized carbons (Fsp3) is 0.857. The Labute approximate surface area is 129 Å². The first-order valence-electron chi connectivity index (χ1n) is 7.68. The van der Waals surface area contributed by atoms with Crippen LogP contribution in [0.1, 0.15) is 25.7 Å². The van der Waals surface area contributed by atoms with Crippen LogP contribution in [0.15, 0.2) is 0 Å². The minimum Gasteiger partial charge on any atom is -0.480 e. The first kappa shape index (κ1) is 15.0. The quantitative estimate of drug-likeness (QED) is 0.814. The number of aliphatic carboxylic acids is 1. The second-order valence-corrected chi connectivity index (χ2v) is 7.52. The van der Waals surface area contributed by atoms with E-state index in [9.17, 15) is 14.7 Å². The molecule has 2 N–H and O–H groups in total. The molecule has 1 saturated carbocycles. The second-order valence-electron chi connectivity index (χ2n) is 6.37. The van der Waals surface area contributed by atoms with Gasteiger partial charge in [-0.3, -0.25) is 4.90 Å². The molecule has 0 radical (unpaired) electrons. The summed E-state index contributed by atoms with van der Waals surface area (Å²) in [5.41, 5.74) is 0. The molecule has 3 aliphatic rings. The van der Waals surface area contributed by atoms with Gasteiger partial charge in [0.25, 0.3) is 0 Å². The van der Waals surface area contributed by atoms with E-state index in [-0.39, 0.29) is 17.4 Å². The van der Waals surface area contributed by atoms with E-state index >= 15 is 0 Å². The van der Waals surface area contributed by atoms with E-state index in [0.717, 1.165) is 38.8 Å². The maximum atomic E-state index is 12.6. The Bertz CT molecular complexity index is 430. The molecule has 3 fully saturated rings. The molecule has 2 saturated heterocycles. The highest BCUT2D eigenvalue weighted by Gasteiger charge is 2.48. The summed E-state index contributed by atoms with van der Waals surface area (Å²) >= 11 is 1.62. The number of carbonyl (C=O) groups excluding carboxylic acids is 1. The third-order valence-corrected chi connectivity index (χ3v) is 5.99. The van der Waals surface area contributed by atoms with Crippen molar-refractivity contribution in [3.05, 3.63) is 0 Å². The molecular weight excluding hydrogens is 290 g/mol. The zero-order chi connectivity index (χ0) is 15.0. The largest absolute Gasteiger partial charge is 0.480 e. The fourth-order valence-electron chi connectivity index (χ4n) is 3.25. The molecule has 2 amide bonds. The number of likely N-dealkylation sites (tertiary alicyclic amines) is 1. The van der Waals surface area contributed by atoms with Gasteiger partial charge in [-0.05, 0) is 45.2 Å². The predicted molar refractivity (Wildman–Crippen MR) is 81.3 cm³/mol. The van der Waals surface area contributed by atoms with Crippen molar-refractivity contribution in [1.82, 2.24) is 15.1 Å². The number of urea groups is 1. The van der Waals surface area contributed by atoms with Crippen molar-refractivity contribution in [2.75, 3.05) is 25.9 Å². The average molecular weight is 313 g/mol. The van der Waals surface area contributed by atoms with Crippen molar-refractivity contribution in [1.29, 1.82) is 0 Å². The van der Waals surface area contributed by atoms with Gasteiger partial charge in [0.2, 0.25) is 0 Å². The van der Waals surface area contributed by atoms with Crippen LogP contribution in [-0.2, 0) is 4.79 Å². The van der Waals surface area contributed by atoms with Gasteiger partial charge in [0.05, 0.1) is 5.37 Å². The average Bonchev–Trinajstić information content (AvgIpc) is 3.16. The number of carboxylic acid groups (broad SMARTS) is 1. The van der Waals surface area contributed by atoms with Crippen LogP contribution in [0, 0.1) is 5.92 Å². The normalized spacial score (nSPS) is 34.0. The van der Waals surface area contributed by atoms with Crippen LogP contribution in [0.4, 0.5) is 4.79 Å². The first-order chi connectivity index (χ1) is 10.1. The van der Waals surface area contributed by atoms with Crippen LogP contribution >= 0.6 is 11.8 Å². The molecule has 2 heterocycles. The van der Waals surface area contributed by atoms with Crippen LogP contribution in [0.3, 0.4) is 0 Å². The summed E-state index contributed by atoms with van der Waals surface area (Å²) in [5, 5.41) is 12.5. The lowest BCUT2D eigenvalue weighted by molar-refractivity contribution is -0.141. The summed E-state index contributed by atoms with van der Waals surface area (Å²) in [5.74, 6) is 0.106. The van der Waals surface area contributed by atoms with Crippen LogP contribution in [0.2, 0.25) is 0 Å². The van der Waals surface area contributed by atoms with E-state index in [1.54, 1.807) is 16.7 Å². The topological polar surface area (TPSA) is 72.9 Å². The summed E-state index contributed by atoms with van der Waals surface area (Å²) in [6.07, 6.45) is 4.27. The number of hydrogen-bond acceptors (Lipinski definition) is 4. The molecule has 3 unspecified atom stereocenters. The zero-order valence-corrected chi connectivity index (χ0v) is 13.1. The number of carbonyl (C=O) groups is 2. The number of thioether (sulfide) groups is 1. The Morgan fingerprint density at radius 2 is 2.05 bits per heavy atom. The zero-order valence-electron chi connectivity index (χ0n) is 12.3. The fourth-order valence-corrected chi connectivity index (χ4v) is 4.88. The Morgan fingerprint density at radius 1 is 1.29 bits per heavy atom. The number of nitrogens with zero attached hydrogens (tertiary/aromatic N) is 2. The molecule has 6 nitrogen and oxygen atoms in total. The molecule has 21 heavy (non-hydrogen) atoms. The van der Waals surface area contributed by atoms with E-state index in [4.69, 9.17) is 0 Å². The monoisotopic (exact) mass is 313 g/mol. The van der Waals surface area contributed by atoms with Crippen LogP contribution in [0.5, 0.6) is 0 Å². The summed E-state index contributed by atoms with van der Waals surface area (Å²) in [6, 6.07) is -0.734. The smallest absolute Gasteiger partial charge is 0.327 e. The standard InChI is InChI=1S/C14H23N3O3S/c1-16-6-2-3-10(7-16)15-14(20)17-11(13(18)19)8-21-12(17)9-4-5-9/h9-12H,2-8H2,1H3,(H,15,20)(H,18,19). The number of rotatable bonds is 3. The van der Waals surface area contributed by atoms with Gasteiger partial charge in [-0.15, -0.1) is 11.8 Å². The molecule has 0 bridgehead atoms. The van der Waals surface area contributed by atoms with Gasteiger partial charge < -0.3 is 15.3 Å². The van der Waals surface area contributed by atoms with E-state index in [0.29, 0.717) is 11.7 Å². The van der Waals surface area contributed by atoms with Gasteiger partial charge >= 0.3 is 12.0 Å². The van der Waals surface area contributed by atoms with Crippen molar-refractivity contribution in [3.8, 4) is 0 Å². The highest BCUT2D eigenvalue weighted by Crippen LogP contribution is 2.45. The van der Waals surface area contributed by atoms with Crippen molar-refractivity contribution in [2.24, 2.45) is 5.92 Å². The lowest BCUT2D eigenvalue weighted by atomic mass is 10.1. The van der Waals surface area contributed by atoms with E-state index in [1.807, 2.05) is 0 Å². The number of carboxylic acids is 1. The summed E-state index contributed by atoms with van der Waals surface area (Å²) < 4.78 is 0. The molecule has 0 aromatic carbocycles. The lowest BCUT2D eigenvalue weighted by Gasteiger charge is -2.34. The minimum atomic E-state index is -0.887. The van der Waals surface area contributed by atoms with Gasteiger partial charge in [-0.25, -0.2) is 9.59 Å². The van der Waals surface area contributed by atoms with E-state index in [2.05, 4.69) is 17.3 Å². The van der Waals surface area contributed by atoms with Crippen LogP contribution in [-0.4, -0.2) is 70.3 Å². The van der Waals surface area contributed by atoms with Crippen LogP contribution < -0.4 is 5.32 Å². The van der Waals surface area contributed by atoms with Gasteiger partial charge in [0, 0.05) is 18.3 Å². The number of likely N-dealkylation sites (N-methyl/N-ethyl adjacent to an activating group) is 1. The van der Waals surface area contributed by atoms with Crippen molar-refractivity contribution >= 4 is 23.8 Å². The Morgan fingerprint density at radius 3 is 2.67 bits per heavy atom. The Balaban J connectivity index is 1.66. The van der Waals surface area contributed by atoms with Crippen molar-refractivity contribution < 1.29 is 14.7 Å². The number of hydrogen-bond donors (Lipinski definition) is 2. The predicted octanol–water partition coefficient (Wildman–Crippen LogP) is 1.03. The molecular formula is C14H23N3O3S. The number of nitrogens with one attached hydrogen (secondary N) is 1. The molecule has 7 heteroatoms. The minimum absolute atomic E-state index is 0.0485. The Kier molecular flexibility index (Phi) is 4.31. The molecule has 0 aromatic heterocycles. The molecule has 0 spiro atoms. The molecule has 1 aliphatic carbocycles. The molecule has 118 valence electrons. The first-order valence-corrected chi connectivity index (χ1v) is 8.73. The van der Waals surface area contributed by atoms with E-state index in [1.165, 1.54) is 0 Å². The maximum Gasteiger partial charge on any atom is 0.327 e. The van der Waals surface area contributed by atoms with Gasteiger partial charge in [0.15, 0.2) is 0 Å². The molecule has 0 aromatic rings. The number of amides is 2. The summed E-state index contributed by atoms with van der Waals surface area (Å²) in [4.78, 5) is 27.8. The van der Waals surface area contributed by atoms with Gasteiger partial charge in [-0.1, -0.05) is 0 Å². The van der Waals surface area contributed by atoms with Crippen molar-refractivity contribution in [3.63, 3.8) is 0 Å². The highest BCUT2D eigenvalue weighted by molar-refractivity contribution is 8.00. The molecule has 2 aliphatic heterocycles. The third-order valence-electron chi connectivity index (χ3n) is 4.53. The van der Waals surface area contributed by atoms with Gasteiger partial charge in [-0.2, -0.15) is 0 Å². The van der Waals surface area contributed by atoms with Crippen molar-refractivity contribution in [2.45, 2.75) is 43.1 Å². The summed E-state index contributed by atoms with van der Waals surface area (Å²) in [7, 11) is 2.05. The Hall–Kier alpha value is -0.950. The van der Waals surface area contributed by atoms with Gasteiger partial charge in [0.1, 0.15) is 6.04 Å². The molecule has 3 rings (SSSR count).